The second-order valence-electron chi connectivity index (χ2n) is 5.78. The van der Waals surface area contributed by atoms with Crippen molar-refractivity contribution in [3.05, 3.63) is 64.1 Å². The summed E-state index contributed by atoms with van der Waals surface area (Å²) < 4.78 is 1.47. The molecule has 0 aliphatic carbocycles. The molecule has 2 aromatic carbocycles. The third-order valence-electron chi connectivity index (χ3n) is 3.99. The van der Waals surface area contributed by atoms with Crippen LogP contribution >= 0.6 is 0 Å². The van der Waals surface area contributed by atoms with Crippen LogP contribution in [0.4, 0.5) is 0 Å². The van der Waals surface area contributed by atoms with Gasteiger partial charge in [0.25, 0.3) is 11.8 Å². The molecule has 134 valence electrons. The summed E-state index contributed by atoms with van der Waals surface area (Å²) in [5.41, 5.74) is 1.91. The van der Waals surface area contributed by atoms with Crippen molar-refractivity contribution in [3.8, 4) is 5.75 Å². The predicted octanol–water partition coefficient (Wildman–Crippen LogP) is 0.732. The van der Waals surface area contributed by atoms with Gasteiger partial charge in [0, 0.05) is 31.3 Å². The van der Waals surface area contributed by atoms with E-state index in [0.29, 0.717) is 22.2 Å². The Morgan fingerprint density at radius 1 is 1.00 bits per heavy atom. The van der Waals surface area contributed by atoms with Gasteiger partial charge in [-0.1, -0.05) is 0 Å². The third-order valence-corrected chi connectivity index (χ3v) is 3.99. The molecule has 0 unspecified atom stereocenters. The molecule has 0 saturated carbocycles. The molecular formula is C18H18N4O4. The number of rotatable bonds is 5. The van der Waals surface area contributed by atoms with Gasteiger partial charge in [0.05, 0.1) is 11.0 Å². The average Bonchev–Trinajstić information content (AvgIpc) is 2.92. The molecule has 8 heteroatoms. The fraction of sp³-hybridized carbons (Fsp3) is 0.167. The highest BCUT2D eigenvalue weighted by molar-refractivity contribution is 5.97. The van der Waals surface area contributed by atoms with E-state index in [1.54, 1.807) is 25.2 Å². The number of hydrogen-bond donors (Lipinski definition) is 4. The molecule has 0 bridgehead atoms. The van der Waals surface area contributed by atoms with E-state index in [2.05, 4.69) is 15.6 Å². The lowest BCUT2D eigenvalue weighted by molar-refractivity contribution is 0.0927. The van der Waals surface area contributed by atoms with Crippen molar-refractivity contribution in [2.75, 3.05) is 13.1 Å². The molecule has 26 heavy (non-hydrogen) atoms. The molecule has 8 nitrogen and oxygen atoms in total. The van der Waals surface area contributed by atoms with Gasteiger partial charge in [-0.05, 0) is 42.5 Å². The molecule has 0 radical (unpaired) electrons. The largest absolute Gasteiger partial charge is 0.508 e. The molecule has 4 N–H and O–H groups in total. The van der Waals surface area contributed by atoms with Gasteiger partial charge in [-0.2, -0.15) is 0 Å². The molecule has 0 spiro atoms. The first-order valence-electron chi connectivity index (χ1n) is 8.00. The normalized spacial score (nSPS) is 10.7. The monoisotopic (exact) mass is 354 g/mol. The van der Waals surface area contributed by atoms with Crippen LogP contribution in [-0.4, -0.2) is 39.6 Å². The second kappa shape index (κ2) is 7.14. The standard InChI is InChI=1S/C18H18N4O4/c1-22-15-7-4-12(10-14(15)21-18(22)26)17(25)20-9-8-19-16(24)11-2-5-13(23)6-3-11/h2-7,10,23H,8-9H2,1H3,(H,19,24)(H,20,25)(H,21,26). The minimum absolute atomic E-state index is 0.0885. The number of H-pyrrole nitrogens is 1. The number of aromatic nitrogens is 2. The zero-order chi connectivity index (χ0) is 18.7. The van der Waals surface area contributed by atoms with E-state index in [0.717, 1.165) is 0 Å². The Bertz CT molecular complexity index is 1020. The molecular weight excluding hydrogens is 336 g/mol. The Hall–Kier alpha value is -3.55. The van der Waals surface area contributed by atoms with Crippen molar-refractivity contribution in [2.24, 2.45) is 7.05 Å². The minimum atomic E-state index is -0.296. The molecule has 1 aromatic heterocycles. The molecule has 3 aromatic rings. The van der Waals surface area contributed by atoms with Crippen molar-refractivity contribution in [3.63, 3.8) is 0 Å². The molecule has 0 aliphatic heterocycles. The van der Waals surface area contributed by atoms with E-state index < -0.39 is 0 Å². The molecule has 0 saturated heterocycles. The van der Waals surface area contributed by atoms with Crippen molar-refractivity contribution in [2.45, 2.75) is 0 Å². The van der Waals surface area contributed by atoms with Crippen molar-refractivity contribution < 1.29 is 14.7 Å². The first-order chi connectivity index (χ1) is 12.5. The maximum atomic E-state index is 12.2. The van der Waals surface area contributed by atoms with E-state index >= 15 is 0 Å². The van der Waals surface area contributed by atoms with Crippen LogP contribution < -0.4 is 16.3 Å². The number of nitrogens with one attached hydrogen (secondary N) is 3. The van der Waals surface area contributed by atoms with Gasteiger partial charge in [0.2, 0.25) is 0 Å². The number of fused-ring (bicyclic) bond motifs is 1. The Kier molecular flexibility index (Phi) is 4.74. The predicted molar refractivity (Wildman–Crippen MR) is 96.3 cm³/mol. The number of benzene rings is 2. The van der Waals surface area contributed by atoms with Crippen molar-refractivity contribution in [1.82, 2.24) is 20.2 Å². The molecule has 3 rings (SSSR count). The summed E-state index contributed by atoms with van der Waals surface area (Å²) in [5, 5.41) is 14.6. The Balaban J connectivity index is 1.53. The SMILES string of the molecule is Cn1c(=O)[nH]c2cc(C(=O)NCCNC(=O)c3ccc(O)cc3)ccc21. The molecule has 1 heterocycles. The fourth-order valence-electron chi connectivity index (χ4n) is 2.55. The molecule has 0 aliphatic rings. The highest BCUT2D eigenvalue weighted by Crippen LogP contribution is 2.12. The molecule has 0 fully saturated rings. The molecule has 0 atom stereocenters. The van der Waals surface area contributed by atoms with Gasteiger partial charge in [0.1, 0.15) is 5.75 Å². The minimum Gasteiger partial charge on any atom is -0.508 e. The van der Waals surface area contributed by atoms with Crippen LogP contribution in [0.25, 0.3) is 11.0 Å². The highest BCUT2D eigenvalue weighted by Gasteiger charge is 2.10. The van der Waals surface area contributed by atoms with Gasteiger partial charge in [0.15, 0.2) is 0 Å². The van der Waals surface area contributed by atoms with E-state index in [-0.39, 0.29) is 36.3 Å². The smallest absolute Gasteiger partial charge is 0.326 e. The number of carbonyl (C=O) groups is 2. The lowest BCUT2D eigenvalue weighted by Crippen LogP contribution is -2.34. The Morgan fingerprint density at radius 2 is 1.58 bits per heavy atom. The second-order valence-corrected chi connectivity index (χ2v) is 5.78. The topological polar surface area (TPSA) is 116 Å². The van der Waals surface area contributed by atoms with Gasteiger partial charge < -0.3 is 20.7 Å². The van der Waals surface area contributed by atoms with Gasteiger partial charge in [-0.3, -0.25) is 14.2 Å². The van der Waals surface area contributed by atoms with Crippen LogP contribution in [0.3, 0.4) is 0 Å². The number of aromatic hydroxyl groups is 1. The van der Waals surface area contributed by atoms with Crippen molar-refractivity contribution >= 4 is 22.8 Å². The van der Waals surface area contributed by atoms with Crippen LogP contribution in [0.2, 0.25) is 0 Å². The van der Waals surface area contributed by atoms with Crippen molar-refractivity contribution in [1.29, 1.82) is 0 Å². The van der Waals surface area contributed by atoms with Crippen LogP contribution in [0.1, 0.15) is 20.7 Å². The summed E-state index contributed by atoms with van der Waals surface area (Å²) in [6.45, 7) is 0.516. The quantitative estimate of drug-likeness (QED) is 0.506. The third kappa shape index (κ3) is 3.59. The number of imidazole rings is 1. The van der Waals surface area contributed by atoms with Crippen LogP contribution in [-0.2, 0) is 7.05 Å². The summed E-state index contributed by atoms with van der Waals surface area (Å²) in [7, 11) is 1.65. The Morgan fingerprint density at radius 3 is 2.23 bits per heavy atom. The van der Waals surface area contributed by atoms with E-state index in [4.69, 9.17) is 0 Å². The summed E-state index contributed by atoms with van der Waals surface area (Å²) in [6.07, 6.45) is 0. The number of phenolic OH excluding ortho intramolecular Hbond substituents is 1. The Labute approximate surface area is 148 Å². The van der Waals surface area contributed by atoms with E-state index in [1.165, 1.54) is 28.8 Å². The van der Waals surface area contributed by atoms with Gasteiger partial charge in [-0.25, -0.2) is 4.79 Å². The number of carbonyl (C=O) groups excluding carboxylic acids is 2. The van der Waals surface area contributed by atoms with Gasteiger partial charge >= 0.3 is 5.69 Å². The van der Waals surface area contributed by atoms with E-state index in [9.17, 15) is 19.5 Å². The lowest BCUT2D eigenvalue weighted by Gasteiger charge is -2.07. The number of aryl methyl sites for hydroxylation is 1. The number of amides is 2. The number of hydrogen-bond acceptors (Lipinski definition) is 4. The maximum absolute atomic E-state index is 12.2. The van der Waals surface area contributed by atoms with Crippen LogP contribution in [0.5, 0.6) is 5.75 Å². The summed E-state index contributed by atoms with van der Waals surface area (Å²) in [5.74, 6) is -0.497. The van der Waals surface area contributed by atoms with E-state index in [1.807, 2.05) is 0 Å². The zero-order valence-electron chi connectivity index (χ0n) is 14.1. The number of nitrogens with zero attached hydrogens (tertiary/aromatic N) is 1. The average molecular weight is 354 g/mol. The fourth-order valence-corrected chi connectivity index (χ4v) is 2.55. The number of aromatic amines is 1. The summed E-state index contributed by atoms with van der Waals surface area (Å²) >= 11 is 0. The zero-order valence-corrected chi connectivity index (χ0v) is 14.1. The first-order valence-corrected chi connectivity index (χ1v) is 8.00. The van der Waals surface area contributed by atoms with Gasteiger partial charge in [-0.15, -0.1) is 0 Å². The first kappa shape index (κ1) is 17.3. The maximum Gasteiger partial charge on any atom is 0.326 e. The van der Waals surface area contributed by atoms with Crippen LogP contribution in [0.15, 0.2) is 47.3 Å². The molecule has 2 amide bonds. The lowest BCUT2D eigenvalue weighted by atomic mass is 10.2. The summed E-state index contributed by atoms with van der Waals surface area (Å²) in [4.78, 5) is 38.4. The number of phenols is 1. The van der Waals surface area contributed by atoms with Crippen LogP contribution in [0, 0.1) is 0 Å². The highest BCUT2D eigenvalue weighted by atomic mass is 16.3. The summed E-state index contributed by atoms with van der Waals surface area (Å²) in [6, 6.07) is 10.8.